The van der Waals surface area contributed by atoms with Gasteiger partial charge in [0, 0.05) is 68.6 Å². The van der Waals surface area contributed by atoms with Gasteiger partial charge in [-0.2, -0.15) is 5.10 Å². The highest BCUT2D eigenvalue weighted by Crippen LogP contribution is 2.41. The number of halogens is 1. The van der Waals surface area contributed by atoms with E-state index >= 15 is 0 Å². The number of hydrogen-bond acceptors (Lipinski definition) is 7. The number of rotatable bonds is 8. The number of hydrogen-bond donors (Lipinski definition) is 1. The molecule has 2 saturated heterocycles. The van der Waals surface area contributed by atoms with Crippen molar-refractivity contribution in [1.29, 1.82) is 0 Å². The van der Waals surface area contributed by atoms with Gasteiger partial charge in [-0.15, -0.1) is 0 Å². The maximum Gasteiger partial charge on any atom is 0.255 e. The highest BCUT2D eigenvalue weighted by molar-refractivity contribution is 5.96. The van der Waals surface area contributed by atoms with Gasteiger partial charge < -0.3 is 29.6 Å². The van der Waals surface area contributed by atoms with Crippen LogP contribution in [-0.4, -0.2) is 100.0 Å². The number of methoxy groups -OCH3 is 2. The number of fused-ring (bicyclic) bond motifs is 2. The van der Waals surface area contributed by atoms with E-state index in [1.165, 1.54) is 17.7 Å². The maximum absolute atomic E-state index is 14.3. The minimum Gasteiger partial charge on any atom is -0.494 e. The summed E-state index contributed by atoms with van der Waals surface area (Å²) in [6.07, 6.45) is 6.79. The first-order valence-electron chi connectivity index (χ1n) is 16.3. The lowest BCUT2D eigenvalue weighted by molar-refractivity contribution is -0.136. The van der Waals surface area contributed by atoms with Crippen LogP contribution in [0.2, 0.25) is 0 Å². The van der Waals surface area contributed by atoms with Gasteiger partial charge in [-0.3, -0.25) is 14.6 Å². The largest absolute Gasteiger partial charge is 0.494 e. The molecule has 2 atom stereocenters. The molecule has 1 aliphatic carbocycles. The summed E-state index contributed by atoms with van der Waals surface area (Å²) in [7, 11) is 3.13. The van der Waals surface area contributed by atoms with Gasteiger partial charge in [0.1, 0.15) is 29.7 Å². The quantitative estimate of drug-likeness (QED) is 0.313. The van der Waals surface area contributed by atoms with E-state index in [9.17, 15) is 14.0 Å². The number of pyridine rings is 2. The molecule has 2 N–H and O–H groups in total. The molecule has 4 aromatic rings. The standard InChI is InChI=1S/C34H42FN7O4/c1-20-30(38-42-16-24(13-28(46-3)32(20)42)34(44)40-17-25(35)14-26(36)18-40)27-12-23-6-9-37-31(33(23)41(27)15-21-4-5-21)22-7-10-39(11-8-22)29(43)19-45-2/h6,9,12-13,16,21-22,25-26H,4-5,7-8,10-11,14-15,17-19,36H2,1-3H3/t25-,26-/m1/s1. The number of carbonyl (C=O) groups is 2. The van der Waals surface area contributed by atoms with Gasteiger partial charge in [0.25, 0.3) is 5.91 Å². The maximum atomic E-state index is 14.3. The summed E-state index contributed by atoms with van der Waals surface area (Å²) < 4.78 is 29.3. The van der Waals surface area contributed by atoms with E-state index < -0.39 is 12.2 Å². The van der Waals surface area contributed by atoms with E-state index in [-0.39, 0.29) is 37.3 Å². The van der Waals surface area contributed by atoms with E-state index in [1.807, 2.05) is 18.0 Å². The van der Waals surface area contributed by atoms with Gasteiger partial charge in [-0.25, -0.2) is 8.91 Å². The van der Waals surface area contributed by atoms with Crippen molar-refractivity contribution in [2.24, 2.45) is 11.7 Å². The number of alkyl halides is 1. The van der Waals surface area contributed by atoms with Gasteiger partial charge >= 0.3 is 0 Å². The van der Waals surface area contributed by atoms with Crippen molar-refractivity contribution in [3.05, 3.63) is 47.4 Å². The number of piperidine rings is 2. The molecule has 4 aromatic heterocycles. The van der Waals surface area contributed by atoms with Crippen molar-refractivity contribution in [3.8, 4) is 17.1 Å². The van der Waals surface area contributed by atoms with Crippen LogP contribution in [0.1, 0.15) is 59.6 Å². The van der Waals surface area contributed by atoms with Crippen LogP contribution < -0.4 is 10.5 Å². The fourth-order valence-electron chi connectivity index (χ4n) is 7.33. The van der Waals surface area contributed by atoms with Crippen LogP contribution in [0.3, 0.4) is 0 Å². The molecule has 11 nitrogen and oxygen atoms in total. The zero-order valence-corrected chi connectivity index (χ0v) is 26.7. The molecule has 244 valence electrons. The first-order valence-corrected chi connectivity index (χ1v) is 16.3. The monoisotopic (exact) mass is 631 g/mol. The Hall–Kier alpha value is -4.03. The zero-order valence-electron chi connectivity index (χ0n) is 26.7. The van der Waals surface area contributed by atoms with E-state index in [4.69, 9.17) is 25.3 Å². The molecular formula is C34H42FN7O4. The number of nitrogens with two attached hydrogens (primary N) is 1. The van der Waals surface area contributed by atoms with Crippen molar-refractivity contribution >= 4 is 28.2 Å². The molecule has 0 unspecified atom stereocenters. The fraction of sp³-hybridized carbons (Fsp3) is 0.529. The molecule has 3 fully saturated rings. The smallest absolute Gasteiger partial charge is 0.255 e. The van der Waals surface area contributed by atoms with Crippen LogP contribution in [0.5, 0.6) is 5.75 Å². The number of aromatic nitrogens is 4. The SMILES string of the molecule is COCC(=O)N1CCC(c2nccc3cc(-c4nn5cc(C(=O)N6C[C@H](N)C[C@@H](F)C6)cc(OC)c5c4C)n(CC4CC4)c23)CC1. The lowest BCUT2D eigenvalue weighted by Gasteiger charge is -2.33. The Morgan fingerprint density at radius 2 is 1.85 bits per heavy atom. The second kappa shape index (κ2) is 12.3. The molecule has 0 radical (unpaired) electrons. The molecular weight excluding hydrogens is 589 g/mol. The molecule has 2 aliphatic heterocycles. The first-order chi connectivity index (χ1) is 22.2. The van der Waals surface area contributed by atoms with Gasteiger partial charge in [-0.05, 0) is 63.1 Å². The Balaban J connectivity index is 1.28. The predicted molar refractivity (Wildman–Crippen MR) is 172 cm³/mol. The molecule has 1 saturated carbocycles. The molecule has 7 rings (SSSR count). The number of aryl methyl sites for hydroxylation is 1. The minimum atomic E-state index is -1.14. The number of nitrogens with zero attached hydrogens (tertiary/aromatic N) is 6. The fourth-order valence-corrected chi connectivity index (χ4v) is 7.33. The van der Waals surface area contributed by atoms with Crippen molar-refractivity contribution in [2.45, 2.75) is 63.7 Å². The van der Waals surface area contributed by atoms with Crippen LogP contribution in [-0.2, 0) is 16.1 Å². The normalized spacial score (nSPS) is 21.0. The number of amides is 2. The number of ether oxygens (including phenoxy) is 2. The van der Waals surface area contributed by atoms with Gasteiger partial charge in [0.2, 0.25) is 5.91 Å². The summed E-state index contributed by atoms with van der Waals surface area (Å²) in [5, 5.41) is 6.16. The molecule has 6 heterocycles. The first kappa shape index (κ1) is 30.6. The molecule has 3 aliphatic rings. The van der Waals surface area contributed by atoms with Crippen LogP contribution in [0, 0.1) is 12.8 Å². The van der Waals surface area contributed by atoms with Crippen molar-refractivity contribution in [1.82, 2.24) is 29.0 Å². The molecule has 46 heavy (non-hydrogen) atoms. The average molecular weight is 632 g/mol. The van der Waals surface area contributed by atoms with E-state index in [0.717, 1.165) is 58.5 Å². The molecule has 0 spiro atoms. The van der Waals surface area contributed by atoms with E-state index in [1.54, 1.807) is 31.0 Å². The van der Waals surface area contributed by atoms with Crippen molar-refractivity contribution in [2.75, 3.05) is 47.0 Å². The number of carbonyl (C=O) groups excluding carboxylic acids is 2. The summed E-state index contributed by atoms with van der Waals surface area (Å²) in [5.41, 5.74) is 12.2. The lowest BCUT2D eigenvalue weighted by atomic mass is 9.92. The van der Waals surface area contributed by atoms with Crippen molar-refractivity contribution in [3.63, 3.8) is 0 Å². The van der Waals surface area contributed by atoms with Crippen LogP contribution in [0.25, 0.3) is 27.8 Å². The van der Waals surface area contributed by atoms with Gasteiger partial charge in [0.05, 0.1) is 36.1 Å². The zero-order chi connectivity index (χ0) is 32.1. The summed E-state index contributed by atoms with van der Waals surface area (Å²) >= 11 is 0. The Bertz CT molecular complexity index is 1780. The Labute approximate surface area is 267 Å². The van der Waals surface area contributed by atoms with Gasteiger partial charge in [-0.1, -0.05) is 0 Å². The van der Waals surface area contributed by atoms with Gasteiger partial charge in [0.15, 0.2) is 0 Å². The lowest BCUT2D eigenvalue weighted by Crippen LogP contribution is -2.50. The summed E-state index contributed by atoms with van der Waals surface area (Å²) in [4.78, 5) is 34.3. The summed E-state index contributed by atoms with van der Waals surface area (Å²) in [6, 6.07) is 5.58. The second-order valence-electron chi connectivity index (χ2n) is 13.2. The second-order valence-corrected chi connectivity index (χ2v) is 13.2. The highest BCUT2D eigenvalue weighted by Gasteiger charge is 2.32. The van der Waals surface area contributed by atoms with Crippen LogP contribution in [0.15, 0.2) is 30.6 Å². The van der Waals surface area contributed by atoms with Crippen LogP contribution >= 0.6 is 0 Å². The minimum absolute atomic E-state index is 0.0242. The van der Waals surface area contributed by atoms with Crippen molar-refractivity contribution < 1.29 is 23.5 Å². The average Bonchev–Trinajstić information content (AvgIpc) is 3.72. The topological polar surface area (TPSA) is 120 Å². The molecule has 0 aromatic carbocycles. The Morgan fingerprint density at radius 1 is 1.07 bits per heavy atom. The Kier molecular flexibility index (Phi) is 8.18. The third kappa shape index (κ3) is 5.62. The van der Waals surface area contributed by atoms with Crippen LogP contribution in [0.4, 0.5) is 4.39 Å². The van der Waals surface area contributed by atoms with E-state index in [0.29, 0.717) is 36.9 Å². The molecule has 2 amide bonds. The predicted octanol–water partition coefficient (Wildman–Crippen LogP) is 3.94. The Morgan fingerprint density at radius 3 is 2.54 bits per heavy atom. The summed E-state index contributed by atoms with van der Waals surface area (Å²) in [5.74, 6) is 1.10. The highest BCUT2D eigenvalue weighted by atomic mass is 19.1. The third-order valence-electron chi connectivity index (χ3n) is 9.83. The third-order valence-corrected chi connectivity index (χ3v) is 9.83. The van der Waals surface area contributed by atoms with E-state index in [2.05, 4.69) is 16.7 Å². The number of likely N-dealkylation sites (tertiary alicyclic amines) is 2. The molecule has 12 heteroatoms. The summed E-state index contributed by atoms with van der Waals surface area (Å²) in [6.45, 7) is 4.71. The molecule has 0 bridgehead atoms.